The van der Waals surface area contributed by atoms with Crippen LogP contribution >= 0.6 is 0 Å². The number of rotatable bonds is 4. The summed E-state index contributed by atoms with van der Waals surface area (Å²) in [5, 5.41) is 2.19. The smallest absolute Gasteiger partial charge is 0.143 e. The second-order valence-electron chi connectivity index (χ2n) is 6.31. The minimum Gasteiger partial charge on any atom is -0.455 e. The summed E-state index contributed by atoms with van der Waals surface area (Å²) in [4.78, 5) is 4.11. The maximum Gasteiger partial charge on any atom is 0.143 e. The highest BCUT2D eigenvalue weighted by molar-refractivity contribution is 6.09. The van der Waals surface area contributed by atoms with Crippen LogP contribution in [0.3, 0.4) is 0 Å². The lowest BCUT2D eigenvalue weighted by molar-refractivity contribution is 0.667. The van der Waals surface area contributed by atoms with Crippen LogP contribution in [-0.2, 0) is 0 Å². The van der Waals surface area contributed by atoms with E-state index < -0.39 is 0 Å². The summed E-state index contributed by atoms with van der Waals surface area (Å²) >= 11 is 0. The molecule has 4 rings (SSSR count). The first kappa shape index (κ1) is 16.9. The molecule has 0 aliphatic carbocycles. The van der Waals surface area contributed by atoms with E-state index in [1.54, 1.807) is 6.08 Å². The van der Waals surface area contributed by atoms with Gasteiger partial charge in [0.05, 0.1) is 11.4 Å². The van der Waals surface area contributed by atoms with E-state index in [1.165, 1.54) is 0 Å². The SMILES string of the molecule is C=Cc1ccc(/C(=C\C)c2cccc3c2oc2ccccc23)c(N)c1N=C. The third kappa shape index (κ3) is 2.56. The minimum atomic E-state index is 0.587. The fourth-order valence-corrected chi connectivity index (χ4v) is 3.62. The first-order valence-corrected chi connectivity index (χ1v) is 8.78. The average molecular weight is 352 g/mol. The van der Waals surface area contributed by atoms with Gasteiger partial charge in [-0.05, 0) is 25.3 Å². The molecule has 132 valence electrons. The zero-order chi connectivity index (χ0) is 19.0. The van der Waals surface area contributed by atoms with Crippen molar-refractivity contribution in [2.75, 3.05) is 5.73 Å². The van der Waals surface area contributed by atoms with Gasteiger partial charge in [-0.3, -0.25) is 4.99 Å². The Bertz CT molecular complexity index is 1230. The summed E-state index contributed by atoms with van der Waals surface area (Å²) < 4.78 is 6.20. The fraction of sp³-hybridized carbons (Fsp3) is 0.0417. The lowest BCUT2D eigenvalue weighted by Crippen LogP contribution is -1.97. The van der Waals surface area contributed by atoms with Gasteiger partial charge in [0.15, 0.2) is 0 Å². The van der Waals surface area contributed by atoms with Gasteiger partial charge >= 0.3 is 0 Å². The van der Waals surface area contributed by atoms with Gasteiger partial charge in [0.25, 0.3) is 0 Å². The number of fused-ring (bicyclic) bond motifs is 3. The van der Waals surface area contributed by atoms with Crippen LogP contribution in [-0.4, -0.2) is 6.72 Å². The van der Waals surface area contributed by atoms with E-state index in [9.17, 15) is 0 Å². The molecule has 3 nitrogen and oxygen atoms in total. The Kier molecular flexibility index (Phi) is 4.13. The number of allylic oxidation sites excluding steroid dienone is 1. The molecule has 0 aliphatic rings. The molecule has 3 heteroatoms. The van der Waals surface area contributed by atoms with E-state index in [2.05, 4.69) is 36.5 Å². The summed E-state index contributed by atoms with van der Waals surface area (Å²) in [6, 6.07) is 18.2. The molecule has 0 spiro atoms. The van der Waals surface area contributed by atoms with E-state index in [0.29, 0.717) is 11.4 Å². The van der Waals surface area contributed by atoms with Crippen molar-refractivity contribution in [1.82, 2.24) is 0 Å². The van der Waals surface area contributed by atoms with Crippen molar-refractivity contribution < 1.29 is 4.42 Å². The second-order valence-corrected chi connectivity index (χ2v) is 6.31. The molecule has 1 heterocycles. The number of furan rings is 1. The molecule has 2 N–H and O–H groups in total. The number of hydrogen-bond donors (Lipinski definition) is 1. The predicted octanol–water partition coefficient (Wildman–Crippen LogP) is 6.59. The molecule has 0 radical (unpaired) electrons. The third-order valence-electron chi connectivity index (χ3n) is 4.90. The zero-order valence-electron chi connectivity index (χ0n) is 15.2. The van der Waals surface area contributed by atoms with Crippen molar-refractivity contribution in [2.24, 2.45) is 4.99 Å². The van der Waals surface area contributed by atoms with Crippen molar-refractivity contribution in [3.8, 4) is 0 Å². The second kappa shape index (κ2) is 6.61. The van der Waals surface area contributed by atoms with Gasteiger partial charge in [0.1, 0.15) is 11.2 Å². The molecule has 0 aliphatic heterocycles. The Morgan fingerprint density at radius 1 is 1.00 bits per heavy atom. The van der Waals surface area contributed by atoms with Gasteiger partial charge in [-0.2, -0.15) is 0 Å². The molecule has 4 aromatic rings. The molecule has 0 atom stereocenters. The largest absolute Gasteiger partial charge is 0.455 e. The maximum atomic E-state index is 6.45. The summed E-state index contributed by atoms with van der Waals surface area (Å²) in [5.74, 6) is 0. The molecular weight excluding hydrogens is 332 g/mol. The molecule has 0 bridgehead atoms. The van der Waals surface area contributed by atoms with E-state index in [-0.39, 0.29) is 0 Å². The molecule has 1 aromatic heterocycles. The van der Waals surface area contributed by atoms with Crippen LogP contribution in [0, 0.1) is 0 Å². The van der Waals surface area contributed by atoms with Crippen molar-refractivity contribution in [3.05, 3.63) is 83.9 Å². The van der Waals surface area contributed by atoms with Gasteiger partial charge in [-0.15, -0.1) is 0 Å². The van der Waals surface area contributed by atoms with Crippen molar-refractivity contribution in [2.45, 2.75) is 6.92 Å². The average Bonchev–Trinajstić information content (AvgIpc) is 3.09. The first-order chi connectivity index (χ1) is 13.2. The fourth-order valence-electron chi connectivity index (χ4n) is 3.62. The van der Waals surface area contributed by atoms with Crippen molar-refractivity contribution in [1.29, 1.82) is 0 Å². The van der Waals surface area contributed by atoms with E-state index >= 15 is 0 Å². The number of anilines is 1. The quantitative estimate of drug-likeness (QED) is 0.332. The van der Waals surface area contributed by atoms with Gasteiger partial charge in [-0.25, -0.2) is 0 Å². The summed E-state index contributed by atoms with van der Waals surface area (Å²) in [6.45, 7) is 9.49. The number of nitrogen functional groups attached to an aromatic ring is 1. The minimum absolute atomic E-state index is 0.587. The predicted molar refractivity (Wildman–Crippen MR) is 117 cm³/mol. The highest BCUT2D eigenvalue weighted by Gasteiger charge is 2.17. The Hall–Kier alpha value is -3.59. The van der Waals surface area contributed by atoms with Gasteiger partial charge < -0.3 is 10.2 Å². The molecule has 0 saturated heterocycles. The van der Waals surface area contributed by atoms with Crippen molar-refractivity contribution in [3.63, 3.8) is 0 Å². The number of nitrogens with zero attached hydrogens (tertiary/aromatic N) is 1. The van der Waals surface area contributed by atoms with Crippen LogP contribution in [0.4, 0.5) is 11.4 Å². The number of hydrogen-bond acceptors (Lipinski definition) is 3. The topological polar surface area (TPSA) is 51.5 Å². The molecular formula is C24H20N2O. The summed E-state index contributed by atoms with van der Waals surface area (Å²) in [6.07, 6.45) is 3.79. The standard InChI is InChI=1S/C24H20N2O/c1-4-15-13-14-18(22(25)23(15)26-3)16(5-2)19-10-8-11-20-17-9-6-7-12-21(17)27-24(19)20/h4-14H,1,3,25H2,2H3/b16-5+. The van der Waals surface area contributed by atoms with Crippen LogP contribution in [0.15, 0.2) is 76.7 Å². The zero-order valence-corrected chi connectivity index (χ0v) is 15.2. The van der Waals surface area contributed by atoms with Crippen molar-refractivity contribution >= 4 is 51.7 Å². The van der Waals surface area contributed by atoms with E-state index in [1.807, 2.05) is 49.4 Å². The molecule has 0 amide bonds. The first-order valence-electron chi connectivity index (χ1n) is 8.78. The highest BCUT2D eigenvalue weighted by Crippen LogP contribution is 2.40. The number of benzene rings is 3. The van der Waals surface area contributed by atoms with E-state index in [4.69, 9.17) is 10.2 Å². The van der Waals surface area contributed by atoms with Crippen LogP contribution in [0.5, 0.6) is 0 Å². The van der Waals surface area contributed by atoms with Crippen LogP contribution in [0.2, 0.25) is 0 Å². The lowest BCUT2D eigenvalue weighted by atomic mass is 9.93. The number of para-hydroxylation sites is 2. The van der Waals surface area contributed by atoms with Gasteiger partial charge in [0, 0.05) is 27.5 Å². The molecule has 0 fully saturated rings. The van der Waals surface area contributed by atoms with Crippen LogP contribution in [0.25, 0.3) is 33.6 Å². The van der Waals surface area contributed by atoms with E-state index in [0.717, 1.165) is 44.2 Å². The Labute approximate surface area is 158 Å². The molecule has 27 heavy (non-hydrogen) atoms. The Morgan fingerprint density at radius 3 is 2.52 bits per heavy atom. The molecule has 0 saturated carbocycles. The molecule has 3 aromatic carbocycles. The maximum absolute atomic E-state index is 6.45. The summed E-state index contributed by atoms with van der Waals surface area (Å²) in [5.41, 5.74) is 13.2. The third-order valence-corrected chi connectivity index (χ3v) is 4.90. The Balaban J connectivity index is 2.00. The highest BCUT2D eigenvalue weighted by atomic mass is 16.3. The van der Waals surface area contributed by atoms with Gasteiger partial charge in [0.2, 0.25) is 0 Å². The monoisotopic (exact) mass is 352 g/mol. The number of aliphatic imine (C=N–C) groups is 1. The van der Waals surface area contributed by atoms with Crippen LogP contribution < -0.4 is 5.73 Å². The number of nitrogens with two attached hydrogens (primary N) is 1. The lowest BCUT2D eigenvalue weighted by Gasteiger charge is -2.14. The van der Waals surface area contributed by atoms with Crippen LogP contribution in [0.1, 0.15) is 23.6 Å². The molecule has 0 unspecified atom stereocenters. The Morgan fingerprint density at radius 2 is 1.78 bits per heavy atom. The summed E-state index contributed by atoms with van der Waals surface area (Å²) in [7, 11) is 0. The normalized spacial score (nSPS) is 11.8. The van der Waals surface area contributed by atoms with Gasteiger partial charge in [-0.1, -0.05) is 67.3 Å².